The van der Waals surface area contributed by atoms with E-state index in [1.807, 2.05) is 42.5 Å². The Kier molecular flexibility index (Phi) is 5.08. The molecule has 0 fully saturated rings. The number of fused-ring (bicyclic) bond motifs is 1. The average molecular weight is 300 g/mol. The van der Waals surface area contributed by atoms with Crippen molar-refractivity contribution < 1.29 is 19.5 Å². The van der Waals surface area contributed by atoms with Crippen molar-refractivity contribution in [2.45, 2.75) is 6.42 Å². The zero-order valence-corrected chi connectivity index (χ0v) is 11.8. The molecule has 2 amide bonds. The van der Waals surface area contributed by atoms with E-state index >= 15 is 0 Å². The number of aliphatic carboxylic acids is 1. The van der Waals surface area contributed by atoms with Gasteiger partial charge in [0, 0.05) is 0 Å². The fourth-order valence-corrected chi connectivity index (χ4v) is 2.10. The van der Waals surface area contributed by atoms with Gasteiger partial charge in [-0.25, -0.2) is 0 Å². The Morgan fingerprint density at radius 2 is 1.55 bits per heavy atom. The first-order valence-corrected chi connectivity index (χ1v) is 6.78. The van der Waals surface area contributed by atoms with Gasteiger partial charge in [-0.1, -0.05) is 42.5 Å². The molecular formula is C16H16N2O4. The topological polar surface area (TPSA) is 95.5 Å². The Morgan fingerprint density at radius 1 is 0.864 bits per heavy atom. The van der Waals surface area contributed by atoms with Gasteiger partial charge in [0.1, 0.15) is 6.54 Å². The quantitative estimate of drug-likeness (QED) is 0.731. The minimum Gasteiger partial charge on any atom is -0.480 e. The van der Waals surface area contributed by atoms with Crippen LogP contribution in [0.1, 0.15) is 5.56 Å². The van der Waals surface area contributed by atoms with Gasteiger partial charge in [-0.15, -0.1) is 0 Å². The zero-order valence-electron chi connectivity index (χ0n) is 11.8. The Bertz CT molecular complexity index is 707. The van der Waals surface area contributed by atoms with Crippen LogP contribution in [0.25, 0.3) is 10.8 Å². The van der Waals surface area contributed by atoms with Crippen molar-refractivity contribution in [2.24, 2.45) is 0 Å². The third-order valence-electron chi connectivity index (χ3n) is 3.11. The van der Waals surface area contributed by atoms with E-state index in [0.717, 1.165) is 16.3 Å². The van der Waals surface area contributed by atoms with E-state index in [9.17, 15) is 14.4 Å². The number of hydrogen-bond donors (Lipinski definition) is 3. The monoisotopic (exact) mass is 300 g/mol. The molecule has 2 rings (SSSR count). The van der Waals surface area contributed by atoms with Gasteiger partial charge in [0.05, 0.1) is 13.0 Å². The summed E-state index contributed by atoms with van der Waals surface area (Å²) in [5, 5.41) is 15.1. The van der Waals surface area contributed by atoms with Gasteiger partial charge < -0.3 is 15.7 Å². The minimum atomic E-state index is -1.13. The van der Waals surface area contributed by atoms with E-state index in [1.165, 1.54) is 0 Å². The van der Waals surface area contributed by atoms with Crippen molar-refractivity contribution in [1.29, 1.82) is 0 Å². The molecule has 0 aliphatic carbocycles. The van der Waals surface area contributed by atoms with Crippen LogP contribution in [0.15, 0.2) is 42.5 Å². The van der Waals surface area contributed by atoms with Crippen LogP contribution in [0, 0.1) is 0 Å². The van der Waals surface area contributed by atoms with Crippen LogP contribution in [0.2, 0.25) is 0 Å². The summed E-state index contributed by atoms with van der Waals surface area (Å²) in [6.07, 6.45) is 0.160. The lowest BCUT2D eigenvalue weighted by Crippen LogP contribution is -2.39. The number of benzene rings is 2. The summed E-state index contributed by atoms with van der Waals surface area (Å²) in [5.41, 5.74) is 0.876. The van der Waals surface area contributed by atoms with Gasteiger partial charge in [0.25, 0.3) is 0 Å². The van der Waals surface area contributed by atoms with E-state index < -0.39 is 18.4 Å². The van der Waals surface area contributed by atoms with E-state index in [4.69, 9.17) is 5.11 Å². The maximum atomic E-state index is 11.9. The molecule has 0 aromatic heterocycles. The van der Waals surface area contributed by atoms with E-state index in [0.29, 0.717) is 0 Å². The number of hydrogen-bond acceptors (Lipinski definition) is 3. The highest BCUT2D eigenvalue weighted by atomic mass is 16.4. The third-order valence-corrected chi connectivity index (χ3v) is 3.11. The third kappa shape index (κ3) is 4.31. The second-order valence-electron chi connectivity index (χ2n) is 4.76. The summed E-state index contributed by atoms with van der Waals surface area (Å²) >= 11 is 0. The Labute approximate surface area is 127 Å². The number of rotatable bonds is 6. The molecule has 2 aromatic carbocycles. The van der Waals surface area contributed by atoms with Crippen LogP contribution in [-0.4, -0.2) is 36.0 Å². The number of amides is 2. The highest BCUT2D eigenvalue weighted by Crippen LogP contribution is 2.18. The van der Waals surface area contributed by atoms with Crippen LogP contribution in [0.3, 0.4) is 0 Å². The van der Waals surface area contributed by atoms with Crippen molar-refractivity contribution in [1.82, 2.24) is 10.6 Å². The predicted octanol–water partition coefficient (Wildman–Crippen LogP) is 0.699. The summed E-state index contributed by atoms with van der Waals surface area (Å²) in [5.74, 6) is -1.95. The van der Waals surface area contributed by atoms with Gasteiger partial charge in [0.15, 0.2) is 0 Å². The molecule has 6 nitrogen and oxygen atoms in total. The lowest BCUT2D eigenvalue weighted by Gasteiger charge is -2.08. The first-order chi connectivity index (χ1) is 10.6. The molecule has 0 aliphatic heterocycles. The van der Waals surface area contributed by atoms with Gasteiger partial charge in [-0.2, -0.15) is 0 Å². The summed E-state index contributed by atoms with van der Waals surface area (Å²) in [7, 11) is 0. The van der Waals surface area contributed by atoms with Crippen LogP contribution in [0.4, 0.5) is 0 Å². The number of carbonyl (C=O) groups is 3. The smallest absolute Gasteiger partial charge is 0.322 e. The Balaban J connectivity index is 1.91. The molecule has 0 radical (unpaired) electrons. The molecule has 0 spiro atoms. The second kappa shape index (κ2) is 7.21. The van der Waals surface area contributed by atoms with Crippen molar-refractivity contribution in [3.05, 3.63) is 48.0 Å². The molecule has 22 heavy (non-hydrogen) atoms. The largest absolute Gasteiger partial charge is 0.480 e. The maximum absolute atomic E-state index is 11.9. The fraction of sp³-hybridized carbons (Fsp3) is 0.188. The van der Waals surface area contributed by atoms with Crippen molar-refractivity contribution in [3.63, 3.8) is 0 Å². The zero-order chi connectivity index (χ0) is 15.9. The van der Waals surface area contributed by atoms with Crippen molar-refractivity contribution in [3.8, 4) is 0 Å². The summed E-state index contributed by atoms with van der Waals surface area (Å²) in [4.78, 5) is 33.5. The van der Waals surface area contributed by atoms with Crippen LogP contribution < -0.4 is 10.6 Å². The van der Waals surface area contributed by atoms with Crippen LogP contribution in [-0.2, 0) is 20.8 Å². The fourth-order valence-electron chi connectivity index (χ4n) is 2.10. The van der Waals surface area contributed by atoms with Crippen LogP contribution >= 0.6 is 0 Å². The van der Waals surface area contributed by atoms with E-state index in [-0.39, 0.29) is 18.9 Å². The first kappa shape index (κ1) is 15.5. The van der Waals surface area contributed by atoms with Crippen molar-refractivity contribution >= 4 is 28.6 Å². The molecule has 0 saturated heterocycles. The highest BCUT2D eigenvalue weighted by molar-refractivity contribution is 5.92. The standard InChI is InChI=1S/C16H16N2O4/c19-14(17-9-15(20)18-10-16(21)22)8-12-6-3-5-11-4-1-2-7-13(11)12/h1-7H,8-10H2,(H,17,19)(H,18,20)(H,21,22). The Morgan fingerprint density at radius 3 is 2.32 bits per heavy atom. The second-order valence-corrected chi connectivity index (χ2v) is 4.76. The highest BCUT2D eigenvalue weighted by Gasteiger charge is 2.09. The lowest BCUT2D eigenvalue weighted by molar-refractivity contribution is -0.137. The minimum absolute atomic E-state index is 0.160. The normalized spacial score (nSPS) is 10.2. The molecule has 0 saturated carbocycles. The van der Waals surface area contributed by atoms with Gasteiger partial charge in [-0.05, 0) is 16.3 Å². The molecule has 0 atom stereocenters. The van der Waals surface area contributed by atoms with E-state index in [1.54, 1.807) is 0 Å². The summed E-state index contributed by atoms with van der Waals surface area (Å²) in [6.45, 7) is -0.699. The number of carboxylic acid groups (broad SMARTS) is 1. The van der Waals surface area contributed by atoms with Gasteiger partial charge in [0.2, 0.25) is 11.8 Å². The molecule has 0 unspecified atom stereocenters. The van der Waals surface area contributed by atoms with Crippen molar-refractivity contribution in [2.75, 3.05) is 13.1 Å². The maximum Gasteiger partial charge on any atom is 0.322 e. The molecular weight excluding hydrogens is 284 g/mol. The molecule has 0 heterocycles. The first-order valence-electron chi connectivity index (χ1n) is 6.78. The van der Waals surface area contributed by atoms with Gasteiger partial charge >= 0.3 is 5.97 Å². The number of nitrogens with one attached hydrogen (secondary N) is 2. The molecule has 2 aromatic rings. The van der Waals surface area contributed by atoms with E-state index in [2.05, 4.69) is 10.6 Å². The lowest BCUT2D eigenvalue weighted by atomic mass is 10.0. The Hall–Kier alpha value is -2.89. The molecule has 0 aliphatic rings. The summed E-state index contributed by atoms with van der Waals surface area (Å²) in [6, 6.07) is 13.5. The predicted molar refractivity (Wildman–Crippen MR) is 81.3 cm³/mol. The van der Waals surface area contributed by atoms with Crippen LogP contribution in [0.5, 0.6) is 0 Å². The SMILES string of the molecule is O=C(O)CNC(=O)CNC(=O)Cc1cccc2ccccc12. The number of carbonyl (C=O) groups excluding carboxylic acids is 2. The average Bonchev–Trinajstić information content (AvgIpc) is 2.51. The molecule has 3 N–H and O–H groups in total. The summed E-state index contributed by atoms with van der Waals surface area (Å²) < 4.78 is 0. The molecule has 114 valence electrons. The number of carboxylic acids is 1. The van der Waals surface area contributed by atoms with Gasteiger partial charge in [-0.3, -0.25) is 14.4 Å². The molecule has 6 heteroatoms. The molecule has 0 bridgehead atoms.